The van der Waals surface area contributed by atoms with E-state index in [4.69, 9.17) is 15.9 Å². The third-order valence-electron chi connectivity index (χ3n) is 3.81. The van der Waals surface area contributed by atoms with Gasteiger partial charge in [0, 0.05) is 11.8 Å². The summed E-state index contributed by atoms with van der Waals surface area (Å²) in [5, 5.41) is 2.42. The van der Waals surface area contributed by atoms with E-state index in [2.05, 4.69) is 16.2 Å². The number of nitrogens with zero attached hydrogens (tertiary/aromatic N) is 2. The Labute approximate surface area is 161 Å². The molecule has 0 saturated carbocycles. The number of aliphatic imine (C=N–C) groups is 1. The highest BCUT2D eigenvalue weighted by atomic mass is 19.1. The maximum atomic E-state index is 14.3. The Morgan fingerprint density at radius 3 is 2.82 bits per heavy atom. The number of anilines is 2. The minimum atomic E-state index is -0.785. The normalized spacial score (nSPS) is 13.3. The van der Waals surface area contributed by atoms with Gasteiger partial charge in [-0.25, -0.2) is 9.18 Å². The summed E-state index contributed by atoms with van der Waals surface area (Å²) in [6, 6.07) is 2.36. The van der Waals surface area contributed by atoms with Gasteiger partial charge in [0.1, 0.15) is 5.75 Å². The Kier molecular flexibility index (Phi) is 7.09. The van der Waals surface area contributed by atoms with Crippen LogP contribution in [-0.4, -0.2) is 43.4 Å². The van der Waals surface area contributed by atoms with Gasteiger partial charge in [-0.15, -0.1) is 6.42 Å². The van der Waals surface area contributed by atoms with Crippen molar-refractivity contribution in [3.63, 3.8) is 0 Å². The topological polar surface area (TPSA) is 97.3 Å². The Morgan fingerprint density at radius 1 is 1.43 bits per heavy atom. The maximum absolute atomic E-state index is 14.3. The van der Waals surface area contributed by atoms with Crippen molar-refractivity contribution in [3.8, 4) is 18.1 Å². The van der Waals surface area contributed by atoms with Crippen LogP contribution in [0.4, 0.5) is 20.6 Å². The first-order valence-corrected chi connectivity index (χ1v) is 8.62. The number of terminal acetylenes is 1. The quantitative estimate of drug-likeness (QED) is 0.596. The lowest BCUT2D eigenvalue weighted by atomic mass is 10.1. The van der Waals surface area contributed by atoms with Crippen molar-refractivity contribution in [3.05, 3.63) is 17.9 Å². The van der Waals surface area contributed by atoms with Crippen LogP contribution in [0.3, 0.4) is 0 Å². The van der Waals surface area contributed by atoms with Crippen LogP contribution >= 0.6 is 0 Å². The number of halogens is 1. The van der Waals surface area contributed by atoms with Crippen LogP contribution in [0.5, 0.6) is 5.75 Å². The molecule has 3 amide bonds. The lowest BCUT2D eigenvalue weighted by Gasteiger charge is -2.28. The molecule has 9 heteroatoms. The van der Waals surface area contributed by atoms with Gasteiger partial charge in [-0.2, -0.15) is 4.99 Å². The first-order chi connectivity index (χ1) is 13.4. The molecule has 28 heavy (non-hydrogen) atoms. The Hall–Kier alpha value is -3.41. The number of amides is 3. The van der Waals surface area contributed by atoms with E-state index in [0.717, 1.165) is 6.07 Å². The van der Waals surface area contributed by atoms with Crippen molar-refractivity contribution >= 4 is 35.0 Å². The number of benzene rings is 1. The summed E-state index contributed by atoms with van der Waals surface area (Å²) in [6.07, 6.45) is 4.63. The zero-order chi connectivity index (χ0) is 20.7. The molecular formula is C19H20FN3O5. The number of fused-ring (bicyclic) bond motifs is 1. The van der Waals surface area contributed by atoms with E-state index in [1.807, 2.05) is 0 Å². The highest BCUT2D eigenvalue weighted by Gasteiger charge is 2.27. The van der Waals surface area contributed by atoms with Gasteiger partial charge in [0.25, 0.3) is 5.91 Å². The number of ether oxygens (including phenoxy) is 2. The van der Waals surface area contributed by atoms with Crippen LogP contribution in [0.1, 0.15) is 26.7 Å². The highest BCUT2D eigenvalue weighted by molar-refractivity contribution is 6.09. The summed E-state index contributed by atoms with van der Waals surface area (Å²) in [7, 11) is 0. The van der Waals surface area contributed by atoms with Crippen molar-refractivity contribution in [1.82, 2.24) is 0 Å². The molecule has 148 valence electrons. The van der Waals surface area contributed by atoms with E-state index in [0.29, 0.717) is 12.1 Å². The fourth-order valence-electron chi connectivity index (χ4n) is 2.49. The molecule has 0 aromatic heterocycles. The predicted octanol–water partition coefficient (Wildman–Crippen LogP) is 2.52. The molecule has 8 nitrogen and oxygen atoms in total. The van der Waals surface area contributed by atoms with Crippen LogP contribution < -0.4 is 15.0 Å². The second-order valence-corrected chi connectivity index (χ2v) is 5.73. The number of nitrogens with one attached hydrogen (secondary N) is 1. The average Bonchev–Trinajstić information content (AvgIpc) is 2.65. The van der Waals surface area contributed by atoms with E-state index < -0.39 is 17.8 Å². The van der Waals surface area contributed by atoms with Crippen LogP contribution in [0.2, 0.25) is 0 Å². The van der Waals surface area contributed by atoms with E-state index >= 15 is 0 Å². The number of hydrogen-bond donors (Lipinski definition) is 1. The van der Waals surface area contributed by atoms with Gasteiger partial charge in [0.05, 0.1) is 30.9 Å². The molecule has 0 aliphatic carbocycles. The summed E-state index contributed by atoms with van der Waals surface area (Å²) in [4.78, 5) is 40.6. The predicted molar refractivity (Wildman–Crippen MR) is 101 cm³/mol. The molecule has 1 heterocycles. The number of rotatable bonds is 6. The summed E-state index contributed by atoms with van der Waals surface area (Å²) in [5.74, 6) is 0.832. The lowest BCUT2D eigenvalue weighted by Crippen LogP contribution is -2.39. The molecule has 0 spiro atoms. The fourth-order valence-corrected chi connectivity index (χ4v) is 2.49. The molecule has 1 aliphatic rings. The molecule has 1 aromatic rings. The molecule has 1 aliphatic heterocycles. The van der Waals surface area contributed by atoms with E-state index in [1.165, 1.54) is 11.0 Å². The first kappa shape index (κ1) is 20.9. The number of carbonyl (C=O) groups excluding carboxylic acids is 3. The smallest absolute Gasteiger partial charge is 0.433 e. The van der Waals surface area contributed by atoms with Gasteiger partial charge in [-0.05, 0) is 19.4 Å². The average molecular weight is 389 g/mol. The fraction of sp³-hybridized carbons (Fsp3) is 0.368. The van der Waals surface area contributed by atoms with Gasteiger partial charge < -0.3 is 14.8 Å². The van der Waals surface area contributed by atoms with Crippen LogP contribution in [0.15, 0.2) is 17.1 Å². The molecule has 1 N–H and O–H groups in total. The van der Waals surface area contributed by atoms with Crippen molar-refractivity contribution in [2.24, 2.45) is 4.99 Å². The van der Waals surface area contributed by atoms with Gasteiger partial charge in [-0.3, -0.25) is 14.5 Å². The SMILES string of the molecule is C#CCN1C(=O)COc2cc(F)c(NC(=O)CC(CC)=NC(=O)OCC)cc21. The third-order valence-corrected chi connectivity index (χ3v) is 3.81. The Bertz CT molecular complexity index is 860. The van der Waals surface area contributed by atoms with Crippen LogP contribution in [-0.2, 0) is 14.3 Å². The second kappa shape index (κ2) is 9.50. The Morgan fingerprint density at radius 2 is 2.18 bits per heavy atom. The Balaban J connectivity index is 2.20. The number of carbonyl (C=O) groups is 3. The molecule has 0 fully saturated rings. The molecular weight excluding hydrogens is 369 g/mol. The van der Waals surface area contributed by atoms with Gasteiger partial charge >= 0.3 is 6.09 Å². The molecule has 2 rings (SSSR count). The van der Waals surface area contributed by atoms with E-state index in [1.54, 1.807) is 13.8 Å². The van der Waals surface area contributed by atoms with Gasteiger partial charge in [0.2, 0.25) is 5.91 Å². The van der Waals surface area contributed by atoms with Crippen molar-refractivity contribution in [1.29, 1.82) is 0 Å². The monoisotopic (exact) mass is 389 g/mol. The summed E-state index contributed by atoms with van der Waals surface area (Å²) in [5.41, 5.74) is 0.416. The van der Waals surface area contributed by atoms with Crippen LogP contribution in [0, 0.1) is 18.2 Å². The van der Waals surface area contributed by atoms with Gasteiger partial charge in [0.15, 0.2) is 12.4 Å². The third kappa shape index (κ3) is 5.07. The maximum Gasteiger partial charge on any atom is 0.433 e. The lowest BCUT2D eigenvalue weighted by molar-refractivity contribution is -0.121. The van der Waals surface area contributed by atoms with Gasteiger partial charge in [-0.1, -0.05) is 12.8 Å². The van der Waals surface area contributed by atoms with Crippen molar-refractivity contribution < 1.29 is 28.2 Å². The minimum Gasteiger partial charge on any atom is -0.481 e. The van der Waals surface area contributed by atoms with E-state index in [-0.39, 0.29) is 49.2 Å². The van der Waals surface area contributed by atoms with Crippen molar-refractivity contribution in [2.75, 3.05) is 30.0 Å². The standard InChI is InChI=1S/C19H20FN3O5/c1-4-7-23-15-10-14(13(20)9-16(15)28-11-18(23)25)22-17(24)8-12(5-2)21-19(26)27-6-3/h1,9-10H,5-8,11H2,2-3H3,(H,22,24). The molecule has 0 atom stereocenters. The van der Waals surface area contributed by atoms with E-state index in [9.17, 15) is 18.8 Å². The highest BCUT2D eigenvalue weighted by Crippen LogP contribution is 2.36. The molecule has 0 radical (unpaired) electrons. The summed E-state index contributed by atoms with van der Waals surface area (Å²) in [6.45, 7) is 3.28. The van der Waals surface area contributed by atoms with Crippen molar-refractivity contribution in [2.45, 2.75) is 26.7 Å². The minimum absolute atomic E-state index is 0.0135. The zero-order valence-corrected chi connectivity index (χ0v) is 15.6. The molecule has 0 unspecified atom stereocenters. The second-order valence-electron chi connectivity index (χ2n) is 5.73. The van der Waals surface area contributed by atoms with Crippen LogP contribution in [0.25, 0.3) is 0 Å². The molecule has 0 bridgehead atoms. The first-order valence-electron chi connectivity index (χ1n) is 8.62. The molecule has 1 aromatic carbocycles. The summed E-state index contributed by atoms with van der Waals surface area (Å²) >= 11 is 0. The molecule has 0 saturated heterocycles. The largest absolute Gasteiger partial charge is 0.481 e. The number of hydrogen-bond acceptors (Lipinski definition) is 5. The zero-order valence-electron chi connectivity index (χ0n) is 15.6. The summed E-state index contributed by atoms with van der Waals surface area (Å²) < 4.78 is 24.3.